The highest BCUT2D eigenvalue weighted by atomic mass is 32.2. The van der Waals surface area contributed by atoms with Crippen molar-refractivity contribution >= 4 is 23.4 Å². The van der Waals surface area contributed by atoms with Crippen molar-refractivity contribution in [1.82, 2.24) is 0 Å². The third-order valence-electron chi connectivity index (χ3n) is 2.78. The first-order valence-corrected chi connectivity index (χ1v) is 7.16. The molecule has 19 heavy (non-hydrogen) atoms. The van der Waals surface area contributed by atoms with E-state index in [1.165, 1.54) is 12.1 Å². The molecular formula is C14H15FN2OS. The first-order valence-electron chi connectivity index (χ1n) is 6.11. The second-order valence-corrected chi connectivity index (χ2v) is 5.50. The molecule has 0 saturated carbocycles. The van der Waals surface area contributed by atoms with Crippen molar-refractivity contribution < 1.29 is 9.18 Å². The third kappa shape index (κ3) is 3.72. The number of anilines is 1. The zero-order valence-electron chi connectivity index (χ0n) is 10.4. The molecule has 1 saturated heterocycles. The van der Waals surface area contributed by atoms with Gasteiger partial charge in [-0.25, -0.2) is 4.39 Å². The van der Waals surface area contributed by atoms with Crippen molar-refractivity contribution in [2.45, 2.75) is 18.1 Å². The number of carbonyl (C=O) groups excluding carboxylic acids is 1. The summed E-state index contributed by atoms with van der Waals surface area (Å²) in [5.74, 6) is 5.81. The molecule has 1 fully saturated rings. The van der Waals surface area contributed by atoms with Gasteiger partial charge in [0.1, 0.15) is 5.82 Å². The van der Waals surface area contributed by atoms with E-state index in [1.54, 1.807) is 17.8 Å². The van der Waals surface area contributed by atoms with Gasteiger partial charge >= 0.3 is 0 Å². The summed E-state index contributed by atoms with van der Waals surface area (Å²) < 4.78 is 13.8. The number of amides is 1. The van der Waals surface area contributed by atoms with Crippen LogP contribution in [0.2, 0.25) is 0 Å². The summed E-state index contributed by atoms with van der Waals surface area (Å²) in [6.07, 6.45) is 1.90. The molecule has 0 radical (unpaired) electrons. The number of nitrogens with two attached hydrogens (primary N) is 1. The number of thioether (sulfide) groups is 1. The lowest BCUT2D eigenvalue weighted by Gasteiger charge is -2.10. The Labute approximate surface area is 116 Å². The molecule has 1 aliphatic heterocycles. The second-order valence-electron chi connectivity index (χ2n) is 4.19. The molecule has 1 aromatic rings. The number of hydrogen-bond donors (Lipinski definition) is 2. The minimum Gasteiger partial charge on any atom is -0.323 e. The van der Waals surface area contributed by atoms with E-state index in [2.05, 4.69) is 17.2 Å². The van der Waals surface area contributed by atoms with Gasteiger partial charge in [0.2, 0.25) is 5.91 Å². The number of halogens is 1. The predicted octanol–water partition coefficient (Wildman–Crippen LogP) is 1.97. The monoisotopic (exact) mass is 278 g/mol. The molecule has 1 aliphatic rings. The molecule has 1 aromatic carbocycles. The summed E-state index contributed by atoms with van der Waals surface area (Å²) in [6.45, 7) is 0.235. The Morgan fingerprint density at radius 1 is 1.58 bits per heavy atom. The van der Waals surface area contributed by atoms with Crippen LogP contribution in [0.25, 0.3) is 0 Å². The molecule has 0 spiro atoms. The summed E-state index contributed by atoms with van der Waals surface area (Å²) in [4.78, 5) is 11.9. The Bertz CT molecular complexity index is 530. The largest absolute Gasteiger partial charge is 0.323 e. The number of nitrogens with one attached hydrogen (secondary N) is 1. The van der Waals surface area contributed by atoms with Crippen LogP contribution in [0.3, 0.4) is 0 Å². The molecule has 5 heteroatoms. The quantitative estimate of drug-likeness (QED) is 0.813. The third-order valence-corrected chi connectivity index (χ3v) is 4.16. The highest BCUT2D eigenvalue weighted by Gasteiger charge is 2.23. The minimum absolute atomic E-state index is 0.0592. The fourth-order valence-corrected chi connectivity index (χ4v) is 3.01. The molecule has 0 aliphatic carbocycles. The maximum absolute atomic E-state index is 13.8. The molecule has 2 rings (SSSR count). The summed E-state index contributed by atoms with van der Waals surface area (Å²) in [7, 11) is 0. The average molecular weight is 278 g/mol. The zero-order chi connectivity index (χ0) is 13.7. The van der Waals surface area contributed by atoms with Crippen molar-refractivity contribution in [2.24, 2.45) is 5.73 Å². The Kier molecular flexibility index (Phi) is 4.83. The van der Waals surface area contributed by atoms with Gasteiger partial charge < -0.3 is 11.1 Å². The van der Waals surface area contributed by atoms with Crippen molar-refractivity contribution in [3.8, 4) is 11.8 Å². The topological polar surface area (TPSA) is 55.1 Å². The number of benzene rings is 1. The van der Waals surface area contributed by atoms with E-state index < -0.39 is 5.82 Å². The fraction of sp³-hybridized carbons (Fsp3) is 0.357. The van der Waals surface area contributed by atoms with Crippen molar-refractivity contribution in [2.75, 3.05) is 17.6 Å². The maximum Gasteiger partial charge on any atom is 0.237 e. The van der Waals surface area contributed by atoms with Crippen LogP contribution in [0.5, 0.6) is 0 Å². The Balaban J connectivity index is 2.06. The standard InChI is InChI=1S/C14H15FN2OS/c15-11-9-10(3-1-7-16)5-6-12(11)17-14(18)13-4-2-8-19-13/h5-6,9,13H,2,4,7-8,16H2,(H,17,18). The molecular weight excluding hydrogens is 263 g/mol. The molecule has 1 heterocycles. The SMILES string of the molecule is NCC#Cc1ccc(NC(=O)C2CCCS2)c(F)c1. The van der Waals surface area contributed by atoms with Crippen LogP contribution in [0, 0.1) is 17.7 Å². The van der Waals surface area contributed by atoms with E-state index in [4.69, 9.17) is 5.73 Å². The van der Waals surface area contributed by atoms with Crippen LogP contribution in [-0.2, 0) is 4.79 Å². The Morgan fingerprint density at radius 3 is 3.05 bits per heavy atom. The first kappa shape index (κ1) is 13.9. The smallest absolute Gasteiger partial charge is 0.237 e. The van der Waals surface area contributed by atoms with Crippen LogP contribution >= 0.6 is 11.8 Å². The first-order chi connectivity index (χ1) is 9.20. The van der Waals surface area contributed by atoms with Crippen molar-refractivity contribution in [1.29, 1.82) is 0 Å². The van der Waals surface area contributed by atoms with E-state index in [1.807, 2.05) is 0 Å². The van der Waals surface area contributed by atoms with Crippen LogP contribution in [0.1, 0.15) is 18.4 Å². The van der Waals surface area contributed by atoms with Crippen LogP contribution in [-0.4, -0.2) is 23.5 Å². The normalized spacial score (nSPS) is 17.7. The van der Waals surface area contributed by atoms with Gasteiger partial charge in [0.15, 0.2) is 0 Å². The summed E-state index contributed by atoms with van der Waals surface area (Å²) in [6, 6.07) is 4.51. The molecule has 3 nitrogen and oxygen atoms in total. The van der Waals surface area contributed by atoms with Crippen molar-refractivity contribution in [3.63, 3.8) is 0 Å². The molecule has 1 unspecified atom stereocenters. The zero-order valence-corrected chi connectivity index (χ0v) is 11.2. The Hall–Kier alpha value is -1.51. The molecule has 3 N–H and O–H groups in total. The second kappa shape index (κ2) is 6.60. The van der Waals surface area contributed by atoms with E-state index in [0.717, 1.165) is 18.6 Å². The van der Waals surface area contributed by atoms with Crippen LogP contribution < -0.4 is 11.1 Å². The lowest BCUT2D eigenvalue weighted by atomic mass is 10.2. The van der Waals surface area contributed by atoms with Gasteiger partial charge in [0.25, 0.3) is 0 Å². The van der Waals surface area contributed by atoms with E-state index in [9.17, 15) is 9.18 Å². The van der Waals surface area contributed by atoms with Gasteiger partial charge in [-0.3, -0.25) is 4.79 Å². The number of rotatable bonds is 2. The van der Waals surface area contributed by atoms with Crippen LogP contribution in [0.15, 0.2) is 18.2 Å². The van der Waals surface area contributed by atoms with Gasteiger partial charge in [-0.2, -0.15) is 0 Å². The summed E-state index contributed by atoms with van der Waals surface area (Å²) in [5, 5.41) is 2.57. The minimum atomic E-state index is -0.472. The highest BCUT2D eigenvalue weighted by molar-refractivity contribution is 8.00. The van der Waals surface area contributed by atoms with Gasteiger partial charge in [0, 0.05) is 5.56 Å². The van der Waals surface area contributed by atoms with E-state index in [0.29, 0.717) is 5.56 Å². The molecule has 1 amide bonds. The fourth-order valence-electron chi connectivity index (χ4n) is 1.84. The van der Waals surface area contributed by atoms with Crippen LogP contribution in [0.4, 0.5) is 10.1 Å². The lowest BCUT2D eigenvalue weighted by molar-refractivity contribution is -0.115. The van der Waals surface area contributed by atoms with Gasteiger partial charge in [-0.05, 0) is 36.8 Å². The lowest BCUT2D eigenvalue weighted by Crippen LogP contribution is -2.23. The summed E-state index contributed by atoms with van der Waals surface area (Å²) >= 11 is 1.62. The van der Waals surface area contributed by atoms with E-state index in [-0.39, 0.29) is 23.4 Å². The highest BCUT2D eigenvalue weighted by Crippen LogP contribution is 2.27. The van der Waals surface area contributed by atoms with E-state index >= 15 is 0 Å². The van der Waals surface area contributed by atoms with Gasteiger partial charge in [0.05, 0.1) is 17.5 Å². The van der Waals surface area contributed by atoms with Gasteiger partial charge in [-0.1, -0.05) is 11.8 Å². The van der Waals surface area contributed by atoms with Crippen molar-refractivity contribution in [3.05, 3.63) is 29.6 Å². The average Bonchev–Trinajstić information content (AvgIpc) is 2.93. The molecule has 0 bridgehead atoms. The molecule has 100 valence electrons. The Morgan fingerprint density at radius 2 is 2.42 bits per heavy atom. The maximum atomic E-state index is 13.8. The molecule has 0 aromatic heterocycles. The predicted molar refractivity (Wildman–Crippen MR) is 76.4 cm³/mol. The molecule has 1 atom stereocenters. The number of carbonyl (C=O) groups is 1. The number of hydrogen-bond acceptors (Lipinski definition) is 3. The van der Waals surface area contributed by atoms with Gasteiger partial charge in [-0.15, -0.1) is 11.8 Å². The summed E-state index contributed by atoms with van der Waals surface area (Å²) in [5.41, 5.74) is 6.01.